The van der Waals surface area contributed by atoms with Crippen molar-refractivity contribution in [3.05, 3.63) is 66.0 Å². The van der Waals surface area contributed by atoms with Crippen molar-refractivity contribution in [2.45, 2.75) is 44.4 Å². The van der Waals surface area contributed by atoms with Gasteiger partial charge in [-0.2, -0.15) is 0 Å². The van der Waals surface area contributed by atoms with Gasteiger partial charge in [-0.25, -0.2) is 19.7 Å². The first-order valence-corrected chi connectivity index (χ1v) is 14.0. The molecule has 1 aliphatic heterocycles. The number of carbonyl (C=O) groups is 1. The highest BCUT2D eigenvalue weighted by Gasteiger charge is 2.25. The van der Waals surface area contributed by atoms with Crippen LogP contribution in [0.4, 0.5) is 4.79 Å². The lowest BCUT2D eigenvalue weighted by atomic mass is 10.1. The number of nitrogens with one attached hydrogen (secondary N) is 1. The molecule has 0 unspecified atom stereocenters. The maximum Gasteiger partial charge on any atom is 0.410 e. The summed E-state index contributed by atoms with van der Waals surface area (Å²) >= 11 is 1.60. The van der Waals surface area contributed by atoms with Gasteiger partial charge in [0.05, 0.1) is 21.8 Å². The number of rotatable bonds is 6. The van der Waals surface area contributed by atoms with Gasteiger partial charge in [0, 0.05) is 56.6 Å². The van der Waals surface area contributed by atoms with Crippen LogP contribution in [0.25, 0.3) is 22.3 Å². The number of amides is 1. The minimum Gasteiger partial charge on any atom is -0.444 e. The molecule has 0 saturated carbocycles. The number of aromatic amines is 1. The van der Waals surface area contributed by atoms with Crippen LogP contribution in [0.15, 0.2) is 53.9 Å². The molecular weight excluding hydrogens is 498 g/mol. The summed E-state index contributed by atoms with van der Waals surface area (Å²) in [5, 5.41) is 0.941. The maximum atomic E-state index is 12.3. The Labute approximate surface area is 227 Å². The summed E-state index contributed by atoms with van der Waals surface area (Å²) in [7, 11) is 0. The molecule has 0 bridgehead atoms. The zero-order valence-electron chi connectivity index (χ0n) is 22.3. The third kappa shape index (κ3) is 6.49. The normalized spacial score (nSPS) is 14.7. The number of aromatic nitrogens is 5. The Morgan fingerprint density at radius 3 is 2.63 bits per heavy atom. The number of hydrogen-bond acceptors (Lipinski definition) is 8. The number of hydrogen-bond donors (Lipinski definition) is 1. The van der Waals surface area contributed by atoms with Crippen LogP contribution < -0.4 is 0 Å². The average Bonchev–Trinajstić information content (AvgIpc) is 3.30. The van der Waals surface area contributed by atoms with Gasteiger partial charge < -0.3 is 14.6 Å². The van der Waals surface area contributed by atoms with E-state index in [0.717, 1.165) is 58.5 Å². The first-order chi connectivity index (χ1) is 18.3. The van der Waals surface area contributed by atoms with Crippen molar-refractivity contribution in [1.29, 1.82) is 0 Å². The van der Waals surface area contributed by atoms with Gasteiger partial charge in [-0.05, 0) is 62.9 Å². The van der Waals surface area contributed by atoms with Crippen LogP contribution in [0.3, 0.4) is 0 Å². The van der Waals surface area contributed by atoms with Gasteiger partial charge in [0.1, 0.15) is 17.8 Å². The molecule has 1 aliphatic rings. The number of thioether (sulfide) groups is 1. The molecule has 5 rings (SSSR count). The van der Waals surface area contributed by atoms with E-state index in [9.17, 15) is 4.79 Å². The standard InChI is InChI=1S/C28H33N7O2S/c1-28(2,3)37-27(36)35-11-9-34(10-12-35)17-19-7-8-29-21(13-19)15-25-32-22-6-5-20(14-24(22)33-25)23-16-26(38-4)31-18-30-23/h5-8,13-14,16,18H,9-12,15,17H2,1-4H3,(H,32,33). The van der Waals surface area contributed by atoms with E-state index in [1.807, 2.05) is 51.4 Å². The van der Waals surface area contributed by atoms with Crippen LogP contribution >= 0.6 is 11.8 Å². The van der Waals surface area contributed by atoms with Crippen molar-refractivity contribution < 1.29 is 9.53 Å². The fraction of sp³-hybridized carbons (Fsp3) is 0.393. The Kier molecular flexibility index (Phi) is 7.62. The molecular formula is C28H33N7O2S. The monoisotopic (exact) mass is 531 g/mol. The molecule has 0 atom stereocenters. The van der Waals surface area contributed by atoms with E-state index < -0.39 is 5.60 Å². The Morgan fingerprint density at radius 1 is 1.05 bits per heavy atom. The first-order valence-electron chi connectivity index (χ1n) is 12.7. The van der Waals surface area contributed by atoms with Gasteiger partial charge in [0.25, 0.3) is 0 Å². The molecule has 4 heterocycles. The largest absolute Gasteiger partial charge is 0.444 e. The Balaban J connectivity index is 1.21. The lowest BCUT2D eigenvalue weighted by molar-refractivity contribution is 0.0139. The van der Waals surface area contributed by atoms with Crippen LogP contribution in [0.2, 0.25) is 0 Å². The van der Waals surface area contributed by atoms with E-state index in [2.05, 4.69) is 43.0 Å². The van der Waals surface area contributed by atoms with Crippen molar-refractivity contribution in [3.8, 4) is 11.3 Å². The van der Waals surface area contributed by atoms with E-state index in [1.165, 1.54) is 5.56 Å². The summed E-state index contributed by atoms with van der Waals surface area (Å²) < 4.78 is 5.51. The predicted octanol–water partition coefficient (Wildman–Crippen LogP) is 4.78. The highest BCUT2D eigenvalue weighted by Crippen LogP contribution is 2.24. The van der Waals surface area contributed by atoms with Gasteiger partial charge in [-0.15, -0.1) is 11.8 Å². The number of H-pyrrole nitrogens is 1. The summed E-state index contributed by atoms with van der Waals surface area (Å²) in [6, 6.07) is 12.3. The number of nitrogens with zero attached hydrogens (tertiary/aromatic N) is 6. The summed E-state index contributed by atoms with van der Waals surface area (Å²) in [6.07, 6.45) is 5.85. The molecule has 38 heavy (non-hydrogen) atoms. The fourth-order valence-electron chi connectivity index (χ4n) is 4.48. The molecule has 9 nitrogen and oxygen atoms in total. The van der Waals surface area contributed by atoms with E-state index in [1.54, 1.807) is 23.0 Å². The van der Waals surface area contributed by atoms with Crippen LogP contribution in [-0.4, -0.2) is 78.8 Å². The third-order valence-corrected chi connectivity index (χ3v) is 6.98. The second kappa shape index (κ2) is 11.1. The van der Waals surface area contributed by atoms with E-state index >= 15 is 0 Å². The minimum atomic E-state index is -0.474. The van der Waals surface area contributed by atoms with E-state index in [4.69, 9.17) is 9.72 Å². The van der Waals surface area contributed by atoms with Crippen molar-refractivity contribution in [1.82, 2.24) is 34.7 Å². The Morgan fingerprint density at radius 2 is 1.87 bits per heavy atom. The van der Waals surface area contributed by atoms with E-state index in [-0.39, 0.29) is 6.09 Å². The van der Waals surface area contributed by atoms with Crippen molar-refractivity contribution >= 4 is 28.9 Å². The van der Waals surface area contributed by atoms with Crippen LogP contribution in [0.5, 0.6) is 0 Å². The lowest BCUT2D eigenvalue weighted by Crippen LogP contribution is -2.49. The molecule has 0 aliphatic carbocycles. The molecule has 0 radical (unpaired) electrons. The summed E-state index contributed by atoms with van der Waals surface area (Å²) in [5.74, 6) is 0.875. The van der Waals surface area contributed by atoms with Gasteiger partial charge in [0.15, 0.2) is 0 Å². The minimum absolute atomic E-state index is 0.233. The van der Waals surface area contributed by atoms with Gasteiger partial charge in [0.2, 0.25) is 0 Å². The highest BCUT2D eigenvalue weighted by atomic mass is 32.2. The topological polar surface area (TPSA) is 100 Å². The smallest absolute Gasteiger partial charge is 0.410 e. The Bertz CT molecular complexity index is 1420. The predicted molar refractivity (Wildman–Crippen MR) is 149 cm³/mol. The Hall–Kier alpha value is -3.50. The second-order valence-electron chi connectivity index (χ2n) is 10.4. The first kappa shape index (κ1) is 26.1. The van der Waals surface area contributed by atoms with Crippen molar-refractivity contribution in [2.24, 2.45) is 0 Å². The molecule has 198 valence electrons. The molecule has 1 amide bonds. The fourth-order valence-corrected chi connectivity index (χ4v) is 4.86. The van der Waals surface area contributed by atoms with Crippen LogP contribution in [-0.2, 0) is 17.7 Å². The number of fused-ring (bicyclic) bond motifs is 1. The summed E-state index contributed by atoms with van der Waals surface area (Å²) in [4.78, 5) is 38.0. The van der Waals surface area contributed by atoms with Crippen LogP contribution in [0.1, 0.15) is 37.9 Å². The molecule has 4 aromatic rings. The van der Waals surface area contributed by atoms with Crippen LogP contribution in [0, 0.1) is 0 Å². The molecule has 1 N–H and O–H groups in total. The molecule has 3 aromatic heterocycles. The van der Waals surface area contributed by atoms with Gasteiger partial charge in [-0.3, -0.25) is 9.88 Å². The van der Waals surface area contributed by atoms with Gasteiger partial charge in [-0.1, -0.05) is 6.07 Å². The number of piperazine rings is 1. The van der Waals surface area contributed by atoms with Crippen molar-refractivity contribution in [3.63, 3.8) is 0 Å². The van der Waals surface area contributed by atoms with E-state index in [0.29, 0.717) is 19.5 Å². The number of carbonyl (C=O) groups excluding carboxylic acids is 1. The zero-order valence-corrected chi connectivity index (χ0v) is 23.1. The molecule has 10 heteroatoms. The third-order valence-electron chi connectivity index (χ3n) is 6.34. The highest BCUT2D eigenvalue weighted by molar-refractivity contribution is 7.98. The maximum absolute atomic E-state index is 12.3. The molecule has 1 aromatic carbocycles. The SMILES string of the molecule is CSc1cc(-c2ccc3nc(Cc4cc(CN5CCN(C(=O)OC(C)(C)C)CC5)ccn4)[nH]c3c2)ncn1. The number of pyridine rings is 1. The molecule has 1 saturated heterocycles. The number of imidazole rings is 1. The average molecular weight is 532 g/mol. The number of ether oxygens (including phenoxy) is 1. The van der Waals surface area contributed by atoms with Gasteiger partial charge >= 0.3 is 6.09 Å². The quantitative estimate of drug-likeness (QED) is 0.280. The molecule has 1 fully saturated rings. The molecule has 0 spiro atoms. The second-order valence-corrected chi connectivity index (χ2v) is 11.3. The summed E-state index contributed by atoms with van der Waals surface area (Å²) in [5.41, 5.74) is 5.50. The van der Waals surface area contributed by atoms with Crippen molar-refractivity contribution in [2.75, 3.05) is 32.4 Å². The summed E-state index contributed by atoms with van der Waals surface area (Å²) in [6.45, 7) is 9.46. The number of benzene rings is 1. The lowest BCUT2D eigenvalue weighted by Gasteiger charge is -2.35. The zero-order chi connectivity index (χ0) is 26.7.